The number of aryl methyl sites for hydroxylation is 1. The van der Waals surface area contributed by atoms with Crippen LogP contribution >= 0.6 is 0 Å². The molecule has 1 aromatic heterocycles. The van der Waals surface area contributed by atoms with Gasteiger partial charge in [0.25, 0.3) is 0 Å². The van der Waals surface area contributed by atoms with Crippen molar-refractivity contribution in [2.45, 2.75) is 50.5 Å². The molecular formula is C30H33N5O5. The minimum atomic E-state index is -0.295. The zero-order valence-electron chi connectivity index (χ0n) is 22.5. The number of rotatable bonds is 3. The maximum atomic E-state index is 13.3. The quantitative estimate of drug-likeness (QED) is 0.537. The molecule has 2 amide bonds. The fourth-order valence-corrected chi connectivity index (χ4v) is 5.29. The Bertz CT molecular complexity index is 1370. The number of nitrogens with one attached hydrogen (secondary N) is 1. The first-order valence-corrected chi connectivity index (χ1v) is 13.7. The minimum Gasteiger partial charge on any atom is -0.493 e. The van der Waals surface area contributed by atoms with Crippen molar-refractivity contribution in [2.24, 2.45) is 0 Å². The lowest BCUT2D eigenvalue weighted by atomic mass is 10.1. The van der Waals surface area contributed by atoms with Gasteiger partial charge in [-0.25, -0.2) is 9.97 Å². The molecule has 3 aromatic rings. The summed E-state index contributed by atoms with van der Waals surface area (Å²) in [6, 6.07) is 15.1. The molecule has 4 heterocycles. The molecule has 1 saturated heterocycles. The number of ether oxygens (including phenoxy) is 3. The molecule has 10 heteroatoms. The summed E-state index contributed by atoms with van der Waals surface area (Å²) in [7, 11) is 1.60. The largest absolute Gasteiger partial charge is 0.493 e. The van der Waals surface area contributed by atoms with Crippen LogP contribution in [0.2, 0.25) is 0 Å². The molecule has 40 heavy (non-hydrogen) atoms. The van der Waals surface area contributed by atoms with Gasteiger partial charge in [-0.05, 0) is 60.7 Å². The number of hydrogen-bond donors (Lipinski definition) is 1. The number of carbonyl (C=O) groups is 2. The highest BCUT2D eigenvalue weighted by Gasteiger charge is 2.38. The molecule has 4 bridgehead atoms. The van der Waals surface area contributed by atoms with Crippen LogP contribution in [-0.2, 0) is 27.4 Å². The second-order valence-corrected chi connectivity index (χ2v) is 10.5. The first-order valence-electron chi connectivity index (χ1n) is 13.7. The highest BCUT2D eigenvalue weighted by atomic mass is 16.5. The molecule has 2 fully saturated rings. The van der Waals surface area contributed by atoms with Crippen LogP contribution in [0.3, 0.4) is 0 Å². The number of amides is 2. The van der Waals surface area contributed by atoms with Crippen molar-refractivity contribution in [1.82, 2.24) is 20.2 Å². The first kappa shape index (κ1) is 26.1. The van der Waals surface area contributed by atoms with Gasteiger partial charge in [-0.1, -0.05) is 18.2 Å². The van der Waals surface area contributed by atoms with Gasteiger partial charge in [0.05, 0.1) is 32.4 Å². The molecule has 0 unspecified atom stereocenters. The normalized spacial score (nSPS) is 22.0. The van der Waals surface area contributed by atoms with Gasteiger partial charge in [0.1, 0.15) is 5.75 Å². The number of hydrogen-bond acceptors (Lipinski definition) is 8. The predicted octanol–water partition coefficient (Wildman–Crippen LogP) is 3.10. The second-order valence-electron chi connectivity index (χ2n) is 10.5. The SMILES string of the molecule is COc1cc2ccc1Oc1cccc(c1)CO[C@H]1CN(c3ncccn3)C[C@@H]1NC(=O)CN(C1CC1)C(=O)CC2. The highest BCUT2D eigenvalue weighted by Crippen LogP contribution is 2.34. The Balaban J connectivity index is 1.28. The summed E-state index contributed by atoms with van der Waals surface area (Å²) < 4.78 is 18.1. The lowest BCUT2D eigenvalue weighted by molar-refractivity contribution is -0.137. The summed E-state index contributed by atoms with van der Waals surface area (Å²) in [6.45, 7) is 1.40. The predicted molar refractivity (Wildman–Crippen MR) is 147 cm³/mol. The third kappa shape index (κ3) is 6.02. The molecule has 1 N–H and O–H groups in total. The van der Waals surface area contributed by atoms with E-state index in [2.05, 4.69) is 15.3 Å². The van der Waals surface area contributed by atoms with E-state index in [-0.39, 0.29) is 36.5 Å². The average molecular weight is 544 g/mol. The van der Waals surface area contributed by atoms with Crippen LogP contribution < -0.4 is 19.7 Å². The lowest BCUT2D eigenvalue weighted by Crippen LogP contribution is -2.49. The van der Waals surface area contributed by atoms with Crippen LogP contribution in [0, 0.1) is 0 Å². The second kappa shape index (κ2) is 11.5. The molecule has 0 radical (unpaired) electrons. The minimum absolute atomic E-state index is 0.0237. The highest BCUT2D eigenvalue weighted by molar-refractivity contribution is 5.85. The Labute approximate surface area is 233 Å². The van der Waals surface area contributed by atoms with E-state index in [0.717, 1.165) is 24.0 Å². The molecular weight excluding hydrogens is 510 g/mol. The first-order chi connectivity index (χ1) is 19.6. The van der Waals surface area contributed by atoms with Gasteiger partial charge in [-0.2, -0.15) is 0 Å². The van der Waals surface area contributed by atoms with E-state index in [0.29, 0.717) is 55.7 Å². The number of anilines is 1. The van der Waals surface area contributed by atoms with Crippen molar-refractivity contribution in [2.75, 3.05) is 31.6 Å². The topological polar surface area (TPSA) is 106 Å². The van der Waals surface area contributed by atoms with Crippen LogP contribution in [-0.4, -0.2) is 71.6 Å². The fraction of sp³-hybridized carbons (Fsp3) is 0.400. The van der Waals surface area contributed by atoms with Gasteiger partial charge < -0.3 is 29.3 Å². The van der Waals surface area contributed by atoms with E-state index >= 15 is 0 Å². The summed E-state index contributed by atoms with van der Waals surface area (Å²) in [5.74, 6) is 2.23. The number of methoxy groups -OCH3 is 1. The summed E-state index contributed by atoms with van der Waals surface area (Å²) in [5.41, 5.74) is 1.91. The number of aromatic nitrogens is 2. The van der Waals surface area contributed by atoms with Crippen molar-refractivity contribution in [3.05, 3.63) is 72.1 Å². The molecule has 0 spiro atoms. The molecule has 2 aromatic carbocycles. The summed E-state index contributed by atoms with van der Waals surface area (Å²) >= 11 is 0. The monoisotopic (exact) mass is 543 g/mol. The lowest BCUT2D eigenvalue weighted by Gasteiger charge is -2.25. The van der Waals surface area contributed by atoms with E-state index in [1.165, 1.54) is 0 Å². The van der Waals surface area contributed by atoms with Gasteiger partial charge in [-0.3, -0.25) is 9.59 Å². The smallest absolute Gasteiger partial charge is 0.240 e. The molecule has 208 valence electrons. The van der Waals surface area contributed by atoms with Crippen molar-refractivity contribution in [3.8, 4) is 17.2 Å². The molecule has 1 aliphatic carbocycles. The summed E-state index contributed by atoms with van der Waals surface area (Å²) in [5, 5.41) is 3.15. The Morgan fingerprint density at radius 2 is 1.82 bits per heavy atom. The molecule has 4 aliphatic rings. The maximum absolute atomic E-state index is 13.3. The molecule has 2 atom stereocenters. The van der Waals surface area contributed by atoms with Gasteiger partial charge in [0.15, 0.2) is 11.5 Å². The third-order valence-electron chi connectivity index (χ3n) is 7.52. The van der Waals surface area contributed by atoms with Gasteiger partial charge in [0.2, 0.25) is 17.8 Å². The van der Waals surface area contributed by atoms with E-state index in [4.69, 9.17) is 14.2 Å². The summed E-state index contributed by atoms with van der Waals surface area (Å²) in [6.07, 6.45) is 5.80. The van der Waals surface area contributed by atoms with Crippen molar-refractivity contribution in [1.29, 1.82) is 0 Å². The van der Waals surface area contributed by atoms with Crippen LogP contribution in [0.1, 0.15) is 30.4 Å². The fourth-order valence-electron chi connectivity index (χ4n) is 5.29. The molecule has 10 nitrogen and oxygen atoms in total. The van der Waals surface area contributed by atoms with Crippen molar-refractivity contribution < 1.29 is 23.8 Å². The van der Waals surface area contributed by atoms with E-state index in [1.807, 2.05) is 47.4 Å². The van der Waals surface area contributed by atoms with Crippen LogP contribution in [0.15, 0.2) is 60.9 Å². The van der Waals surface area contributed by atoms with Crippen molar-refractivity contribution in [3.63, 3.8) is 0 Å². The summed E-state index contributed by atoms with van der Waals surface area (Å²) in [4.78, 5) is 39.0. The number of carbonyl (C=O) groups excluding carboxylic acids is 2. The van der Waals surface area contributed by atoms with Gasteiger partial charge >= 0.3 is 0 Å². The zero-order chi connectivity index (χ0) is 27.5. The Morgan fingerprint density at radius 1 is 0.975 bits per heavy atom. The van der Waals surface area contributed by atoms with E-state index in [9.17, 15) is 9.59 Å². The average Bonchev–Trinajstić information content (AvgIpc) is 3.74. The Hall–Kier alpha value is -4.18. The van der Waals surface area contributed by atoms with Gasteiger partial charge in [0, 0.05) is 37.9 Å². The zero-order valence-corrected chi connectivity index (χ0v) is 22.5. The van der Waals surface area contributed by atoms with Crippen LogP contribution in [0.5, 0.6) is 17.2 Å². The number of nitrogens with zero attached hydrogens (tertiary/aromatic N) is 4. The molecule has 1 saturated carbocycles. The van der Waals surface area contributed by atoms with Gasteiger partial charge in [-0.15, -0.1) is 0 Å². The van der Waals surface area contributed by atoms with Crippen LogP contribution in [0.4, 0.5) is 5.95 Å². The van der Waals surface area contributed by atoms with Crippen LogP contribution in [0.25, 0.3) is 0 Å². The van der Waals surface area contributed by atoms with E-state index < -0.39 is 0 Å². The van der Waals surface area contributed by atoms with Crippen molar-refractivity contribution >= 4 is 17.8 Å². The number of fused-ring (bicyclic) bond motifs is 9. The Kier molecular flexibility index (Phi) is 7.50. The molecule has 7 rings (SSSR count). The van der Waals surface area contributed by atoms with E-state index in [1.54, 1.807) is 30.5 Å². The standard InChI is InChI=1S/C30H33N5O5/c1-38-26-15-20-6-10-25(26)40-23-5-2-4-21(14-23)19-39-27-17-34(30-31-12-3-13-32-30)16-24(27)33-28(36)18-35(22-8-9-22)29(37)11-7-20/h2-6,10,12-15,22,24,27H,7-9,11,16-19H2,1H3,(H,33,36)/t24-,27-/m0/s1. The maximum Gasteiger partial charge on any atom is 0.240 e. The third-order valence-corrected chi connectivity index (χ3v) is 7.52. The molecule has 3 aliphatic heterocycles. The number of benzene rings is 2. The Morgan fingerprint density at radius 3 is 2.62 bits per heavy atom.